The van der Waals surface area contributed by atoms with Crippen LogP contribution in [0.2, 0.25) is 0 Å². The zero-order valence-electron chi connectivity index (χ0n) is 29.3. The van der Waals surface area contributed by atoms with Crippen molar-refractivity contribution >= 4 is 11.9 Å². The Morgan fingerprint density at radius 3 is 2.16 bits per heavy atom. The van der Waals surface area contributed by atoms with E-state index in [1.165, 1.54) is 5.56 Å². The molecule has 4 aromatic rings. The highest BCUT2D eigenvalue weighted by Gasteiger charge is 2.39. The van der Waals surface area contributed by atoms with Gasteiger partial charge in [0.15, 0.2) is 6.29 Å². The van der Waals surface area contributed by atoms with Crippen molar-refractivity contribution in [3.8, 4) is 11.1 Å². The van der Waals surface area contributed by atoms with Crippen molar-refractivity contribution in [2.24, 2.45) is 5.92 Å². The van der Waals surface area contributed by atoms with Crippen molar-refractivity contribution in [2.45, 2.75) is 64.4 Å². The molecule has 268 valence electrons. The summed E-state index contributed by atoms with van der Waals surface area (Å²) in [5.74, 6) is -0.955. The lowest BCUT2D eigenvalue weighted by atomic mass is 9.89. The van der Waals surface area contributed by atoms with E-state index < -0.39 is 12.3 Å². The van der Waals surface area contributed by atoms with Gasteiger partial charge in [-0.05, 0) is 51.9 Å². The van der Waals surface area contributed by atoms with E-state index in [0.29, 0.717) is 13.0 Å². The summed E-state index contributed by atoms with van der Waals surface area (Å²) in [6, 6.07) is 35.0. The number of benzene rings is 4. The predicted octanol–water partition coefficient (Wildman–Crippen LogP) is 6.33. The molecule has 2 aliphatic heterocycles. The molecule has 0 aromatic heterocycles. The van der Waals surface area contributed by atoms with Crippen LogP contribution >= 0.6 is 0 Å². The molecule has 4 unspecified atom stereocenters. The number of aliphatic hydroxyl groups is 1. The van der Waals surface area contributed by atoms with Crippen LogP contribution < -0.4 is 5.32 Å². The zero-order chi connectivity index (χ0) is 35.6. The molecule has 9 nitrogen and oxygen atoms in total. The van der Waals surface area contributed by atoms with Gasteiger partial charge in [-0.1, -0.05) is 97.9 Å². The maximum Gasteiger partial charge on any atom is 0.303 e. The van der Waals surface area contributed by atoms with E-state index in [9.17, 15) is 14.7 Å². The molecule has 1 amide bonds. The lowest BCUT2D eigenvalue weighted by molar-refractivity contribution is -0.276. The molecule has 0 aliphatic carbocycles. The number of ether oxygens (including phenoxy) is 2. The van der Waals surface area contributed by atoms with Crippen LogP contribution in [0.5, 0.6) is 0 Å². The Kier molecular flexibility index (Phi) is 12.6. The highest BCUT2D eigenvalue weighted by atomic mass is 16.7. The number of carbonyl (C=O) groups is 2. The number of hydrogen-bond donors (Lipinski definition) is 3. The largest absolute Gasteiger partial charge is 0.481 e. The van der Waals surface area contributed by atoms with E-state index in [4.69, 9.17) is 14.6 Å². The fraction of sp³-hybridized carbons (Fsp3) is 0.381. The molecule has 0 bridgehead atoms. The SMILES string of the molecule is CC1C(CN2CCN(Cc3ccccc3)CC2)OC(c2cccc(-c3cccc(CNC(=O)CCCC(=O)O)c3)c2)OC1c1ccc(CO)cc1. The van der Waals surface area contributed by atoms with Gasteiger partial charge in [-0.3, -0.25) is 19.4 Å². The van der Waals surface area contributed by atoms with E-state index >= 15 is 0 Å². The number of nitrogens with one attached hydrogen (secondary N) is 1. The molecule has 2 heterocycles. The molecule has 4 atom stereocenters. The van der Waals surface area contributed by atoms with Gasteiger partial charge in [0, 0.05) is 70.1 Å². The zero-order valence-corrected chi connectivity index (χ0v) is 29.3. The molecule has 0 radical (unpaired) electrons. The second-order valence-corrected chi connectivity index (χ2v) is 13.7. The number of carbonyl (C=O) groups excluding carboxylic acids is 1. The Balaban J connectivity index is 1.15. The van der Waals surface area contributed by atoms with Crippen molar-refractivity contribution in [1.29, 1.82) is 0 Å². The highest BCUT2D eigenvalue weighted by Crippen LogP contribution is 2.42. The van der Waals surface area contributed by atoms with Crippen LogP contribution in [0, 0.1) is 5.92 Å². The number of carboxylic acids is 1. The third-order valence-electron chi connectivity index (χ3n) is 9.98. The van der Waals surface area contributed by atoms with Crippen LogP contribution in [0.4, 0.5) is 0 Å². The molecular weight excluding hydrogens is 642 g/mol. The fourth-order valence-electron chi connectivity index (χ4n) is 6.97. The van der Waals surface area contributed by atoms with Gasteiger partial charge < -0.3 is 25.0 Å². The fourth-order valence-corrected chi connectivity index (χ4v) is 6.97. The summed E-state index contributed by atoms with van der Waals surface area (Å²) >= 11 is 0. The Bertz CT molecular complexity index is 1720. The number of nitrogens with zero attached hydrogens (tertiary/aromatic N) is 2. The first-order valence-electron chi connectivity index (χ1n) is 18.0. The minimum absolute atomic E-state index is 0.000869. The molecule has 2 saturated heterocycles. The molecule has 2 fully saturated rings. The topological polar surface area (TPSA) is 112 Å². The first kappa shape index (κ1) is 36.4. The second kappa shape index (κ2) is 17.7. The average Bonchev–Trinajstić information content (AvgIpc) is 3.16. The van der Waals surface area contributed by atoms with Crippen LogP contribution in [0.3, 0.4) is 0 Å². The van der Waals surface area contributed by atoms with Gasteiger partial charge in [0.2, 0.25) is 5.91 Å². The van der Waals surface area contributed by atoms with E-state index in [-0.39, 0.29) is 43.5 Å². The summed E-state index contributed by atoms with van der Waals surface area (Å²) in [6.07, 6.45) is -0.326. The summed E-state index contributed by atoms with van der Waals surface area (Å²) in [7, 11) is 0. The van der Waals surface area contributed by atoms with Gasteiger partial charge in [-0.15, -0.1) is 0 Å². The highest BCUT2D eigenvalue weighted by molar-refractivity contribution is 5.76. The van der Waals surface area contributed by atoms with Gasteiger partial charge >= 0.3 is 5.97 Å². The summed E-state index contributed by atoms with van der Waals surface area (Å²) in [5.41, 5.74) is 7.20. The lowest BCUT2D eigenvalue weighted by Gasteiger charge is -2.44. The number of hydrogen-bond acceptors (Lipinski definition) is 7. The third kappa shape index (κ3) is 10.1. The predicted molar refractivity (Wildman–Crippen MR) is 196 cm³/mol. The molecular formula is C42H49N3O6. The van der Waals surface area contributed by atoms with E-state index in [1.807, 2.05) is 36.4 Å². The van der Waals surface area contributed by atoms with Gasteiger partial charge in [-0.2, -0.15) is 0 Å². The monoisotopic (exact) mass is 691 g/mol. The van der Waals surface area contributed by atoms with Crippen molar-refractivity contribution in [2.75, 3.05) is 32.7 Å². The maximum absolute atomic E-state index is 12.2. The standard InChI is InChI=1S/C42H49N3O6/c1-30-38(28-45-22-20-44(21-23-45)27-31-8-3-2-4-9-31)50-42(51-41(30)34-18-16-32(29-46)17-19-34)37-13-6-12-36(25-37)35-11-5-10-33(24-35)26-43-39(47)14-7-15-40(48)49/h2-6,8-13,16-19,24-25,30,38,41-42,46H,7,14-15,20-23,26-29H2,1H3,(H,43,47)(H,48,49). The van der Waals surface area contributed by atoms with Gasteiger partial charge in [0.25, 0.3) is 0 Å². The smallest absolute Gasteiger partial charge is 0.303 e. The Morgan fingerprint density at radius 2 is 1.43 bits per heavy atom. The number of amides is 1. The van der Waals surface area contributed by atoms with Crippen LogP contribution in [0.15, 0.2) is 103 Å². The van der Waals surface area contributed by atoms with Crippen LogP contribution in [-0.4, -0.2) is 70.7 Å². The minimum atomic E-state index is -0.896. The lowest BCUT2D eigenvalue weighted by Crippen LogP contribution is -2.51. The molecule has 51 heavy (non-hydrogen) atoms. The number of aliphatic carboxylic acids is 1. The van der Waals surface area contributed by atoms with Crippen molar-refractivity contribution in [1.82, 2.24) is 15.1 Å². The molecule has 6 rings (SSSR count). The summed E-state index contributed by atoms with van der Waals surface area (Å²) in [5, 5.41) is 21.4. The van der Waals surface area contributed by atoms with Crippen molar-refractivity contribution in [3.05, 3.63) is 131 Å². The second-order valence-electron chi connectivity index (χ2n) is 13.7. The van der Waals surface area contributed by atoms with Gasteiger partial charge in [-0.25, -0.2) is 0 Å². The Labute approximate surface area is 300 Å². The number of aliphatic hydroxyl groups excluding tert-OH is 1. The third-order valence-corrected chi connectivity index (χ3v) is 9.98. The van der Waals surface area contributed by atoms with Crippen molar-refractivity contribution in [3.63, 3.8) is 0 Å². The van der Waals surface area contributed by atoms with E-state index in [1.54, 1.807) is 0 Å². The summed E-state index contributed by atoms with van der Waals surface area (Å²) in [6.45, 7) is 8.35. The van der Waals surface area contributed by atoms with Crippen LogP contribution in [-0.2, 0) is 38.8 Å². The molecule has 3 N–H and O–H groups in total. The normalized spacial score (nSPS) is 21.3. The number of rotatable bonds is 14. The first-order valence-corrected chi connectivity index (χ1v) is 18.0. The van der Waals surface area contributed by atoms with Crippen molar-refractivity contribution < 1.29 is 29.3 Å². The molecule has 0 spiro atoms. The summed E-state index contributed by atoms with van der Waals surface area (Å²) in [4.78, 5) is 28.1. The Hall–Kier alpha value is -4.38. The van der Waals surface area contributed by atoms with Gasteiger partial charge in [0.05, 0.1) is 18.8 Å². The number of piperazine rings is 1. The number of carboxylic acid groups (broad SMARTS) is 1. The average molecular weight is 692 g/mol. The van der Waals surface area contributed by atoms with Gasteiger partial charge in [0.1, 0.15) is 0 Å². The minimum Gasteiger partial charge on any atom is -0.481 e. The quantitative estimate of drug-likeness (QED) is 0.141. The van der Waals surface area contributed by atoms with Crippen LogP contribution in [0.1, 0.15) is 66.4 Å². The molecule has 4 aromatic carbocycles. The maximum atomic E-state index is 12.2. The first-order chi connectivity index (χ1) is 24.8. The molecule has 9 heteroatoms. The van der Waals surface area contributed by atoms with E-state index in [2.05, 4.69) is 88.8 Å². The summed E-state index contributed by atoms with van der Waals surface area (Å²) < 4.78 is 13.6. The Morgan fingerprint density at radius 1 is 0.745 bits per heavy atom. The van der Waals surface area contributed by atoms with Crippen LogP contribution in [0.25, 0.3) is 11.1 Å². The molecule has 0 saturated carbocycles. The van der Waals surface area contributed by atoms with E-state index in [0.717, 1.165) is 72.6 Å². The molecule has 2 aliphatic rings.